The van der Waals surface area contributed by atoms with Gasteiger partial charge in [-0.25, -0.2) is 9.18 Å². The van der Waals surface area contributed by atoms with Crippen molar-refractivity contribution < 1.29 is 23.8 Å². The van der Waals surface area contributed by atoms with Gasteiger partial charge in [0.05, 0.1) is 24.2 Å². The summed E-state index contributed by atoms with van der Waals surface area (Å²) in [5, 5.41) is 10.3. The molecule has 0 spiro atoms. The number of nitrogens with zero attached hydrogens (tertiary/aromatic N) is 4. The highest BCUT2D eigenvalue weighted by Gasteiger charge is 2.28. The van der Waals surface area contributed by atoms with Crippen LogP contribution < -0.4 is 9.64 Å². The van der Waals surface area contributed by atoms with Crippen LogP contribution in [0.15, 0.2) is 36.4 Å². The Hall–Kier alpha value is -3.59. The number of benzene rings is 2. The Kier molecular flexibility index (Phi) is 6.81. The number of hydrogen-bond acceptors (Lipinski definition) is 5. The highest BCUT2D eigenvalue weighted by Crippen LogP contribution is 2.34. The van der Waals surface area contributed by atoms with Crippen molar-refractivity contribution in [3.63, 3.8) is 0 Å². The maximum atomic E-state index is 13.6. The zero-order chi connectivity index (χ0) is 26.3. The molecular weight excluding hydrogens is 475 g/mol. The first-order valence-corrected chi connectivity index (χ1v) is 12.7. The van der Waals surface area contributed by atoms with E-state index in [2.05, 4.69) is 4.90 Å². The van der Waals surface area contributed by atoms with Gasteiger partial charge in [0.1, 0.15) is 17.7 Å². The first kappa shape index (κ1) is 25.1. The fourth-order valence-corrected chi connectivity index (χ4v) is 5.51. The number of aromatic nitrogens is 1. The van der Waals surface area contributed by atoms with Crippen molar-refractivity contribution in [2.75, 3.05) is 51.2 Å². The van der Waals surface area contributed by atoms with Gasteiger partial charge in [-0.15, -0.1) is 0 Å². The number of aliphatic carboxylic acids is 1. The van der Waals surface area contributed by atoms with Crippen LogP contribution in [0.2, 0.25) is 0 Å². The Morgan fingerprint density at radius 2 is 1.84 bits per heavy atom. The summed E-state index contributed by atoms with van der Waals surface area (Å²) in [7, 11) is 1.95. The van der Waals surface area contributed by atoms with Gasteiger partial charge in [0.15, 0.2) is 0 Å². The predicted molar refractivity (Wildman–Crippen MR) is 140 cm³/mol. The number of carbonyl (C=O) groups is 2. The van der Waals surface area contributed by atoms with Crippen LogP contribution in [-0.4, -0.2) is 83.9 Å². The summed E-state index contributed by atoms with van der Waals surface area (Å²) in [6, 6.07) is 10.3. The van der Waals surface area contributed by atoms with E-state index in [0.717, 1.165) is 48.2 Å². The SMILES string of the molecule is Cc1ccc2c(c1)c(CC(=O)O)c(C)n2C(=O)N1CCN(CC[C@@H]2CN(C)c3cc(F)ccc3O2)CC1. The van der Waals surface area contributed by atoms with E-state index in [9.17, 15) is 19.1 Å². The second-order valence-corrected chi connectivity index (χ2v) is 10.1. The summed E-state index contributed by atoms with van der Waals surface area (Å²) < 4.78 is 21.4. The first-order chi connectivity index (χ1) is 17.7. The van der Waals surface area contributed by atoms with Crippen molar-refractivity contribution in [3.05, 3.63) is 59.0 Å². The lowest BCUT2D eigenvalue weighted by Crippen LogP contribution is -2.51. The Labute approximate surface area is 215 Å². The van der Waals surface area contributed by atoms with E-state index in [1.165, 1.54) is 12.1 Å². The molecule has 3 aromatic rings. The number of carboxylic acid groups (broad SMARTS) is 1. The topological polar surface area (TPSA) is 78.2 Å². The van der Waals surface area contributed by atoms with E-state index in [-0.39, 0.29) is 24.4 Å². The summed E-state index contributed by atoms with van der Waals surface area (Å²) >= 11 is 0. The Balaban J connectivity index is 1.22. The van der Waals surface area contributed by atoms with Crippen molar-refractivity contribution in [2.45, 2.75) is 32.8 Å². The number of halogens is 1. The van der Waals surface area contributed by atoms with Gasteiger partial charge in [-0.05, 0) is 50.1 Å². The second kappa shape index (κ2) is 10.0. The number of carbonyl (C=O) groups excluding carboxylic acids is 1. The highest BCUT2D eigenvalue weighted by atomic mass is 19.1. The molecule has 2 aliphatic heterocycles. The third-order valence-electron chi connectivity index (χ3n) is 7.52. The third kappa shape index (κ3) is 5.00. The molecule has 1 amide bonds. The average Bonchev–Trinajstić information content (AvgIpc) is 3.13. The van der Waals surface area contributed by atoms with Crippen LogP contribution >= 0.6 is 0 Å². The maximum Gasteiger partial charge on any atom is 0.328 e. The van der Waals surface area contributed by atoms with Gasteiger partial charge in [0.25, 0.3) is 0 Å². The van der Waals surface area contributed by atoms with Gasteiger partial charge < -0.3 is 19.6 Å². The normalized spacial score (nSPS) is 18.1. The Morgan fingerprint density at radius 3 is 2.57 bits per heavy atom. The standard InChI is InChI=1S/C28H33FN4O4/c1-18-4-6-24-23(14-18)22(16-27(34)35)19(2)33(24)28(36)32-12-10-31(11-13-32)9-8-21-17-30(3)25-15-20(29)5-7-26(25)37-21/h4-7,14-15,21H,8-13,16-17H2,1-3H3,(H,34,35)/t21-/m1/s1. The lowest BCUT2D eigenvalue weighted by atomic mass is 10.1. The van der Waals surface area contributed by atoms with Crippen molar-refractivity contribution in [3.8, 4) is 5.75 Å². The van der Waals surface area contributed by atoms with Crippen LogP contribution in [0.25, 0.3) is 10.9 Å². The third-order valence-corrected chi connectivity index (χ3v) is 7.52. The minimum Gasteiger partial charge on any atom is -0.486 e. The molecule has 5 rings (SSSR count). The maximum absolute atomic E-state index is 13.6. The summed E-state index contributed by atoms with van der Waals surface area (Å²) in [5.74, 6) is -0.466. The van der Waals surface area contributed by atoms with Gasteiger partial charge in [0, 0.05) is 56.9 Å². The van der Waals surface area contributed by atoms with Crippen LogP contribution in [0.5, 0.6) is 5.75 Å². The molecule has 0 saturated carbocycles. The fourth-order valence-electron chi connectivity index (χ4n) is 5.51. The number of aryl methyl sites for hydroxylation is 1. The van der Waals surface area contributed by atoms with E-state index in [0.29, 0.717) is 36.6 Å². The molecule has 196 valence electrons. The number of amides is 1. The number of carboxylic acids is 1. The van der Waals surface area contributed by atoms with Gasteiger partial charge >= 0.3 is 12.0 Å². The molecule has 8 nitrogen and oxygen atoms in total. The zero-order valence-corrected chi connectivity index (χ0v) is 21.5. The summed E-state index contributed by atoms with van der Waals surface area (Å²) in [6.45, 7) is 8.07. The minimum absolute atomic E-state index is 0.0209. The number of fused-ring (bicyclic) bond motifs is 2. The van der Waals surface area contributed by atoms with Crippen molar-refractivity contribution in [1.29, 1.82) is 0 Å². The van der Waals surface area contributed by atoms with Gasteiger partial charge in [-0.3, -0.25) is 14.3 Å². The minimum atomic E-state index is -0.909. The zero-order valence-electron chi connectivity index (χ0n) is 21.5. The van der Waals surface area contributed by atoms with Crippen LogP contribution in [0.3, 0.4) is 0 Å². The van der Waals surface area contributed by atoms with Crippen LogP contribution in [0.4, 0.5) is 14.9 Å². The van der Waals surface area contributed by atoms with Crippen LogP contribution in [0, 0.1) is 19.7 Å². The van der Waals surface area contributed by atoms with Crippen LogP contribution in [0.1, 0.15) is 23.2 Å². The first-order valence-electron chi connectivity index (χ1n) is 12.7. The summed E-state index contributed by atoms with van der Waals surface area (Å²) in [5.41, 5.74) is 3.94. The highest BCUT2D eigenvalue weighted by molar-refractivity contribution is 5.97. The molecule has 0 bridgehead atoms. The van der Waals surface area contributed by atoms with Gasteiger partial charge in [0.2, 0.25) is 0 Å². The average molecular weight is 509 g/mol. The fraction of sp³-hybridized carbons (Fsp3) is 0.429. The summed E-state index contributed by atoms with van der Waals surface area (Å²) in [6.07, 6.45) is 0.749. The molecule has 1 fully saturated rings. The number of hydrogen-bond donors (Lipinski definition) is 1. The molecule has 1 saturated heterocycles. The molecule has 1 N–H and O–H groups in total. The van der Waals surface area contributed by atoms with Gasteiger partial charge in [-0.1, -0.05) is 11.6 Å². The van der Waals surface area contributed by atoms with E-state index < -0.39 is 5.97 Å². The van der Waals surface area contributed by atoms with Crippen LogP contribution in [-0.2, 0) is 11.2 Å². The Morgan fingerprint density at radius 1 is 1.08 bits per heavy atom. The molecule has 9 heteroatoms. The molecule has 3 heterocycles. The van der Waals surface area contributed by atoms with Crippen molar-refractivity contribution in [1.82, 2.24) is 14.4 Å². The Bertz CT molecular complexity index is 1350. The van der Waals surface area contributed by atoms with Gasteiger partial charge in [-0.2, -0.15) is 0 Å². The molecule has 0 radical (unpaired) electrons. The molecule has 37 heavy (non-hydrogen) atoms. The summed E-state index contributed by atoms with van der Waals surface area (Å²) in [4.78, 5) is 31.3. The molecule has 1 aromatic heterocycles. The van der Waals surface area contributed by atoms with E-state index >= 15 is 0 Å². The number of ether oxygens (including phenoxy) is 1. The van der Waals surface area contributed by atoms with Crippen molar-refractivity contribution in [2.24, 2.45) is 0 Å². The number of likely N-dealkylation sites (N-methyl/N-ethyl adjacent to an activating group) is 1. The smallest absolute Gasteiger partial charge is 0.328 e. The van der Waals surface area contributed by atoms with Crippen molar-refractivity contribution >= 4 is 28.6 Å². The molecule has 0 unspecified atom stereocenters. The lowest BCUT2D eigenvalue weighted by molar-refractivity contribution is -0.136. The molecule has 2 aromatic carbocycles. The number of anilines is 1. The molecule has 0 aliphatic carbocycles. The molecule has 1 atom stereocenters. The van der Waals surface area contributed by atoms with E-state index in [1.54, 1.807) is 10.6 Å². The van der Waals surface area contributed by atoms with E-state index in [1.807, 2.05) is 48.9 Å². The quantitative estimate of drug-likeness (QED) is 0.563. The molecular formula is C28H33FN4O4. The lowest BCUT2D eigenvalue weighted by Gasteiger charge is -2.37. The largest absolute Gasteiger partial charge is 0.486 e. The molecule has 2 aliphatic rings. The second-order valence-electron chi connectivity index (χ2n) is 10.1. The number of piperazine rings is 1. The number of rotatable bonds is 5. The monoisotopic (exact) mass is 508 g/mol. The predicted octanol–water partition coefficient (Wildman–Crippen LogP) is 3.90. The van der Waals surface area contributed by atoms with E-state index in [4.69, 9.17) is 4.74 Å².